The Bertz CT molecular complexity index is 1260. The van der Waals surface area contributed by atoms with Gasteiger partial charge in [0.1, 0.15) is 5.82 Å². The molecule has 3 rings (SSSR count). The van der Waals surface area contributed by atoms with Crippen molar-refractivity contribution < 1.29 is 0 Å². The minimum atomic E-state index is -0.0315. The highest BCUT2D eigenvalue weighted by Crippen LogP contribution is 2.44. The molecule has 2 nitrogen and oxygen atoms in total. The molecule has 1 aromatic heterocycles. The molecule has 2 aromatic carbocycles. The lowest BCUT2D eigenvalue weighted by molar-refractivity contribution is 0.321. The van der Waals surface area contributed by atoms with E-state index in [2.05, 4.69) is 98.4 Å². The van der Waals surface area contributed by atoms with Crippen LogP contribution in [0.25, 0.3) is 0 Å². The van der Waals surface area contributed by atoms with Crippen molar-refractivity contribution in [3.63, 3.8) is 0 Å². The van der Waals surface area contributed by atoms with Gasteiger partial charge in [-0.3, -0.25) is 0 Å². The smallest absolute Gasteiger partial charge is 0.112 e. The second kappa shape index (κ2) is 32.6. The third kappa shape index (κ3) is 20.9. The molecule has 2 unspecified atom stereocenters. The van der Waals surface area contributed by atoms with Crippen LogP contribution in [-0.4, -0.2) is 9.55 Å². The highest BCUT2D eigenvalue weighted by Gasteiger charge is 2.39. The van der Waals surface area contributed by atoms with Gasteiger partial charge in [-0.05, 0) is 30.4 Å². The molecule has 0 fully saturated rings. The molecule has 0 saturated heterocycles. The lowest BCUT2D eigenvalue weighted by atomic mass is 9.66. The average molecular weight is 767 g/mol. The number of aryl methyl sites for hydroxylation is 1. The molecule has 0 aliphatic heterocycles. The van der Waals surface area contributed by atoms with Gasteiger partial charge in [0.15, 0.2) is 0 Å². The Kier molecular flexibility index (Phi) is 27.9. The van der Waals surface area contributed by atoms with Crippen LogP contribution in [0.5, 0.6) is 0 Å². The van der Waals surface area contributed by atoms with Gasteiger partial charge in [0.2, 0.25) is 0 Å². The van der Waals surface area contributed by atoms with Gasteiger partial charge in [-0.15, -0.1) is 0 Å². The van der Waals surface area contributed by atoms with E-state index in [-0.39, 0.29) is 5.41 Å². The van der Waals surface area contributed by atoms with Crippen LogP contribution < -0.4 is 0 Å². The SMILES string of the molecule is CCCCCCCCCCCCCCCCCCCC(c1nccn1CCCCCCCCCCCCCCCC)C(C)(Cc1ccccc1)c1ccccc1. The summed E-state index contributed by atoms with van der Waals surface area (Å²) < 4.78 is 2.55. The maximum Gasteiger partial charge on any atom is 0.112 e. The van der Waals surface area contributed by atoms with Crippen molar-refractivity contribution in [3.05, 3.63) is 90.0 Å². The van der Waals surface area contributed by atoms with Crippen LogP contribution in [0, 0.1) is 0 Å². The monoisotopic (exact) mass is 767 g/mol. The molecule has 2 atom stereocenters. The van der Waals surface area contributed by atoms with E-state index in [9.17, 15) is 0 Å². The Labute approximate surface area is 348 Å². The molecule has 0 amide bonds. The lowest BCUT2D eigenvalue weighted by Gasteiger charge is -2.39. The highest BCUT2D eigenvalue weighted by atomic mass is 15.1. The number of aromatic nitrogens is 2. The van der Waals surface area contributed by atoms with Gasteiger partial charge in [0.25, 0.3) is 0 Å². The zero-order valence-corrected chi connectivity index (χ0v) is 37.4. The summed E-state index contributed by atoms with van der Waals surface area (Å²) in [4.78, 5) is 5.19. The van der Waals surface area contributed by atoms with Crippen molar-refractivity contribution in [1.29, 1.82) is 0 Å². The molecule has 0 spiro atoms. The first-order chi connectivity index (χ1) is 27.7. The van der Waals surface area contributed by atoms with Gasteiger partial charge in [0, 0.05) is 30.3 Å². The van der Waals surface area contributed by atoms with E-state index >= 15 is 0 Å². The van der Waals surface area contributed by atoms with E-state index in [1.165, 1.54) is 222 Å². The van der Waals surface area contributed by atoms with Crippen molar-refractivity contribution in [1.82, 2.24) is 9.55 Å². The summed E-state index contributed by atoms with van der Waals surface area (Å²) >= 11 is 0. The largest absolute Gasteiger partial charge is 0.335 e. The molecule has 56 heavy (non-hydrogen) atoms. The minimum absolute atomic E-state index is 0.0315. The quantitative estimate of drug-likeness (QED) is 0.0531. The Morgan fingerprint density at radius 3 is 1.27 bits per heavy atom. The molecule has 316 valence electrons. The fraction of sp³-hybridized carbons (Fsp3) is 0.722. The fourth-order valence-corrected chi connectivity index (χ4v) is 9.37. The van der Waals surface area contributed by atoms with Crippen LogP contribution in [0.3, 0.4) is 0 Å². The summed E-state index contributed by atoms with van der Waals surface area (Å²) in [7, 11) is 0. The number of imidazole rings is 1. The predicted octanol–water partition coefficient (Wildman–Crippen LogP) is 17.7. The first-order valence-corrected chi connectivity index (χ1v) is 24.8. The third-order valence-corrected chi connectivity index (χ3v) is 13.0. The first kappa shape index (κ1) is 48.0. The summed E-state index contributed by atoms with van der Waals surface area (Å²) in [5.74, 6) is 1.70. The number of hydrogen-bond acceptors (Lipinski definition) is 1. The second-order valence-electron chi connectivity index (χ2n) is 18.0. The second-order valence-corrected chi connectivity index (χ2v) is 18.0. The highest BCUT2D eigenvalue weighted by molar-refractivity contribution is 5.33. The molecule has 2 heteroatoms. The van der Waals surface area contributed by atoms with Crippen molar-refractivity contribution >= 4 is 0 Å². The molecule has 0 aliphatic carbocycles. The fourth-order valence-electron chi connectivity index (χ4n) is 9.37. The van der Waals surface area contributed by atoms with Crippen LogP contribution in [-0.2, 0) is 18.4 Å². The van der Waals surface area contributed by atoms with Gasteiger partial charge in [-0.1, -0.05) is 274 Å². The van der Waals surface area contributed by atoms with Crippen LogP contribution in [0.1, 0.15) is 249 Å². The Hall–Kier alpha value is -2.35. The maximum atomic E-state index is 5.19. The van der Waals surface area contributed by atoms with Crippen molar-refractivity contribution in [2.75, 3.05) is 0 Å². The number of hydrogen-bond donors (Lipinski definition) is 0. The Morgan fingerprint density at radius 1 is 0.464 bits per heavy atom. The van der Waals surface area contributed by atoms with Gasteiger partial charge in [0.05, 0.1) is 0 Å². The van der Waals surface area contributed by atoms with Gasteiger partial charge in [-0.25, -0.2) is 4.98 Å². The van der Waals surface area contributed by atoms with E-state index < -0.39 is 0 Å². The van der Waals surface area contributed by atoms with Crippen molar-refractivity contribution in [3.8, 4) is 0 Å². The number of rotatable bonds is 38. The third-order valence-electron chi connectivity index (χ3n) is 13.0. The molecule has 1 heterocycles. The normalized spacial score (nSPS) is 13.3. The summed E-state index contributed by atoms with van der Waals surface area (Å²) in [6.45, 7) is 8.26. The van der Waals surface area contributed by atoms with Gasteiger partial charge >= 0.3 is 0 Å². The summed E-state index contributed by atoms with van der Waals surface area (Å²) in [6, 6.07) is 22.7. The van der Waals surface area contributed by atoms with Crippen molar-refractivity contribution in [2.45, 2.75) is 251 Å². The first-order valence-electron chi connectivity index (χ1n) is 24.8. The zero-order valence-electron chi connectivity index (χ0n) is 37.4. The average Bonchev–Trinajstić information content (AvgIpc) is 3.69. The standard InChI is InChI=1S/C54H90N2/c1-4-6-8-10-12-14-16-18-20-21-22-23-25-27-29-31-39-45-52(54(3,51-43-37-34-38-44-51)49-50-41-35-33-36-42-50)53-55-46-48-56(53)47-40-32-30-28-26-24-19-17-15-13-11-9-7-5-2/h33-38,41-44,46,48,52H,4-32,39-40,45,47,49H2,1-3H3. The minimum Gasteiger partial charge on any atom is -0.335 e. The van der Waals surface area contributed by atoms with E-state index in [0.29, 0.717) is 5.92 Å². The van der Waals surface area contributed by atoms with Gasteiger partial charge < -0.3 is 4.57 Å². The van der Waals surface area contributed by atoms with Crippen LogP contribution in [0.15, 0.2) is 73.1 Å². The van der Waals surface area contributed by atoms with Crippen LogP contribution in [0.4, 0.5) is 0 Å². The predicted molar refractivity (Wildman–Crippen MR) is 248 cm³/mol. The molecule has 0 N–H and O–H groups in total. The Morgan fingerprint density at radius 2 is 0.839 bits per heavy atom. The molecule has 0 saturated carbocycles. The molecular weight excluding hydrogens is 677 g/mol. The van der Waals surface area contributed by atoms with E-state index in [4.69, 9.17) is 4.98 Å². The number of benzene rings is 2. The van der Waals surface area contributed by atoms with Crippen LogP contribution >= 0.6 is 0 Å². The molecular formula is C54H90N2. The molecule has 0 aliphatic rings. The number of unbranched alkanes of at least 4 members (excludes halogenated alkanes) is 29. The molecule has 0 bridgehead atoms. The van der Waals surface area contributed by atoms with Crippen LogP contribution in [0.2, 0.25) is 0 Å². The van der Waals surface area contributed by atoms with Crippen molar-refractivity contribution in [2.24, 2.45) is 0 Å². The van der Waals surface area contributed by atoms with Gasteiger partial charge in [-0.2, -0.15) is 0 Å². The molecule has 3 aromatic rings. The lowest BCUT2D eigenvalue weighted by Crippen LogP contribution is -2.35. The topological polar surface area (TPSA) is 17.8 Å². The van der Waals surface area contributed by atoms with E-state index in [0.717, 1.165) is 13.0 Å². The Balaban J connectivity index is 1.46. The number of nitrogens with zero attached hydrogens (tertiary/aromatic N) is 2. The maximum absolute atomic E-state index is 5.19. The molecule has 0 radical (unpaired) electrons. The van der Waals surface area contributed by atoms with E-state index in [1.54, 1.807) is 0 Å². The zero-order chi connectivity index (χ0) is 39.6. The van der Waals surface area contributed by atoms with E-state index in [1.807, 2.05) is 0 Å². The summed E-state index contributed by atoms with van der Waals surface area (Å²) in [5.41, 5.74) is 2.85. The summed E-state index contributed by atoms with van der Waals surface area (Å²) in [6.07, 6.45) is 50.4. The summed E-state index contributed by atoms with van der Waals surface area (Å²) in [5, 5.41) is 0.